The molecule has 1 saturated carbocycles. The highest BCUT2D eigenvalue weighted by Gasteiger charge is 2.15. The molecule has 0 saturated heterocycles. The van der Waals surface area contributed by atoms with Crippen molar-refractivity contribution in [2.24, 2.45) is 11.7 Å². The highest BCUT2D eigenvalue weighted by atomic mass is 35.5. The maximum atomic E-state index is 11.6. The predicted molar refractivity (Wildman–Crippen MR) is 83.5 cm³/mol. The fourth-order valence-corrected chi connectivity index (χ4v) is 2.74. The number of rotatable bonds is 7. The summed E-state index contributed by atoms with van der Waals surface area (Å²) in [6.07, 6.45) is 10.7. The van der Waals surface area contributed by atoms with Crippen molar-refractivity contribution in [2.45, 2.75) is 83.7 Å². The third kappa shape index (κ3) is 9.28. The highest BCUT2D eigenvalue weighted by Crippen LogP contribution is 2.27. The quantitative estimate of drug-likeness (QED) is 0.755. The number of hydrogen-bond donors (Lipinski definition) is 2. The number of nitrogens with one attached hydrogen (secondary N) is 1. The van der Waals surface area contributed by atoms with Crippen molar-refractivity contribution in [2.75, 3.05) is 0 Å². The lowest BCUT2D eigenvalue weighted by atomic mass is 9.85. The standard InChI is InChI=1S/C15H30N2O.ClH/c1-12(16)8-11-15(18)17-13(2)9-10-14-6-4-3-5-7-14;/h12-14H,3-11,16H2,1-2H3,(H,17,18);1H. The summed E-state index contributed by atoms with van der Waals surface area (Å²) in [6, 6.07) is 0.431. The van der Waals surface area contributed by atoms with Gasteiger partial charge in [-0.3, -0.25) is 4.79 Å². The molecule has 1 aliphatic rings. The fourth-order valence-electron chi connectivity index (χ4n) is 2.74. The molecule has 0 bridgehead atoms. The SMILES string of the molecule is CC(N)CCC(=O)NC(C)CCC1CCCCC1.Cl. The maximum Gasteiger partial charge on any atom is 0.220 e. The average Bonchev–Trinajstić information content (AvgIpc) is 2.35. The van der Waals surface area contributed by atoms with Crippen LogP contribution >= 0.6 is 12.4 Å². The Labute approximate surface area is 124 Å². The van der Waals surface area contributed by atoms with Crippen LogP contribution in [0.5, 0.6) is 0 Å². The van der Waals surface area contributed by atoms with Gasteiger partial charge in [0.1, 0.15) is 0 Å². The number of carbonyl (C=O) groups excluding carboxylic acids is 1. The van der Waals surface area contributed by atoms with Gasteiger partial charge in [-0.1, -0.05) is 32.1 Å². The Hall–Kier alpha value is -0.280. The Kier molecular flexibility index (Phi) is 10.3. The first-order chi connectivity index (χ1) is 8.58. The summed E-state index contributed by atoms with van der Waals surface area (Å²) in [7, 11) is 0. The van der Waals surface area contributed by atoms with Gasteiger partial charge in [-0.15, -0.1) is 12.4 Å². The Balaban J connectivity index is 0.00000324. The van der Waals surface area contributed by atoms with Gasteiger partial charge in [0.05, 0.1) is 0 Å². The smallest absolute Gasteiger partial charge is 0.220 e. The van der Waals surface area contributed by atoms with Crippen molar-refractivity contribution in [3.8, 4) is 0 Å². The number of carbonyl (C=O) groups is 1. The molecule has 2 atom stereocenters. The van der Waals surface area contributed by atoms with Gasteiger partial charge in [0.25, 0.3) is 0 Å². The predicted octanol–water partition coefficient (Wildman–Crippen LogP) is 3.40. The molecule has 1 rings (SSSR count). The van der Waals surface area contributed by atoms with Gasteiger partial charge in [0.2, 0.25) is 5.91 Å². The summed E-state index contributed by atoms with van der Waals surface area (Å²) in [5.41, 5.74) is 5.65. The first kappa shape index (κ1) is 18.7. The summed E-state index contributed by atoms with van der Waals surface area (Å²) in [4.78, 5) is 11.6. The first-order valence-corrected chi connectivity index (χ1v) is 7.63. The monoisotopic (exact) mass is 290 g/mol. The van der Waals surface area contributed by atoms with Crippen molar-refractivity contribution in [3.05, 3.63) is 0 Å². The molecule has 0 radical (unpaired) electrons. The first-order valence-electron chi connectivity index (χ1n) is 7.63. The lowest BCUT2D eigenvalue weighted by molar-refractivity contribution is -0.121. The molecule has 0 spiro atoms. The number of nitrogens with two attached hydrogens (primary N) is 1. The minimum atomic E-state index is 0. The third-order valence-electron chi connectivity index (χ3n) is 3.97. The lowest BCUT2D eigenvalue weighted by Crippen LogP contribution is -2.33. The summed E-state index contributed by atoms with van der Waals surface area (Å²) < 4.78 is 0. The minimum Gasteiger partial charge on any atom is -0.354 e. The molecule has 19 heavy (non-hydrogen) atoms. The molecule has 0 aromatic carbocycles. The van der Waals surface area contributed by atoms with Gasteiger partial charge in [-0.2, -0.15) is 0 Å². The van der Waals surface area contributed by atoms with Crippen LogP contribution < -0.4 is 11.1 Å². The molecule has 1 aliphatic carbocycles. The normalized spacial score (nSPS) is 19.3. The molecule has 0 aromatic heterocycles. The molecule has 114 valence electrons. The second-order valence-corrected chi connectivity index (χ2v) is 6.07. The van der Waals surface area contributed by atoms with E-state index in [4.69, 9.17) is 5.73 Å². The molecule has 0 aliphatic heterocycles. The van der Waals surface area contributed by atoms with E-state index in [1.54, 1.807) is 0 Å². The van der Waals surface area contributed by atoms with Crippen LogP contribution in [0.15, 0.2) is 0 Å². The number of amides is 1. The van der Waals surface area contributed by atoms with E-state index in [9.17, 15) is 4.79 Å². The van der Waals surface area contributed by atoms with Gasteiger partial charge < -0.3 is 11.1 Å². The molecule has 1 amide bonds. The molecule has 4 heteroatoms. The average molecular weight is 291 g/mol. The van der Waals surface area contributed by atoms with Gasteiger partial charge in [-0.25, -0.2) is 0 Å². The van der Waals surface area contributed by atoms with E-state index in [2.05, 4.69) is 12.2 Å². The van der Waals surface area contributed by atoms with E-state index in [1.807, 2.05) is 6.92 Å². The van der Waals surface area contributed by atoms with Crippen molar-refractivity contribution in [1.82, 2.24) is 5.32 Å². The van der Waals surface area contributed by atoms with Crippen LogP contribution in [-0.2, 0) is 4.79 Å². The van der Waals surface area contributed by atoms with Crippen LogP contribution in [0.4, 0.5) is 0 Å². The Morgan fingerprint density at radius 3 is 2.42 bits per heavy atom. The van der Waals surface area contributed by atoms with Crippen LogP contribution in [-0.4, -0.2) is 18.0 Å². The zero-order chi connectivity index (χ0) is 13.4. The van der Waals surface area contributed by atoms with E-state index in [0.717, 1.165) is 18.8 Å². The van der Waals surface area contributed by atoms with Crippen LogP contribution in [0, 0.1) is 5.92 Å². The lowest BCUT2D eigenvalue weighted by Gasteiger charge is -2.23. The summed E-state index contributed by atoms with van der Waals surface area (Å²) >= 11 is 0. The van der Waals surface area contributed by atoms with Gasteiger partial charge in [0, 0.05) is 18.5 Å². The summed E-state index contributed by atoms with van der Waals surface area (Å²) in [6.45, 7) is 4.06. The van der Waals surface area contributed by atoms with Crippen molar-refractivity contribution in [3.63, 3.8) is 0 Å². The van der Waals surface area contributed by atoms with Gasteiger partial charge in [0.15, 0.2) is 0 Å². The second-order valence-electron chi connectivity index (χ2n) is 6.07. The van der Waals surface area contributed by atoms with Crippen LogP contribution in [0.2, 0.25) is 0 Å². The highest BCUT2D eigenvalue weighted by molar-refractivity contribution is 5.85. The fraction of sp³-hybridized carbons (Fsp3) is 0.933. The summed E-state index contributed by atoms with van der Waals surface area (Å²) in [5, 5.41) is 3.08. The zero-order valence-corrected chi connectivity index (χ0v) is 13.3. The zero-order valence-electron chi connectivity index (χ0n) is 12.5. The topological polar surface area (TPSA) is 55.1 Å². The van der Waals surface area contributed by atoms with Crippen LogP contribution in [0.25, 0.3) is 0 Å². The third-order valence-corrected chi connectivity index (χ3v) is 3.97. The molecule has 0 aromatic rings. The maximum absolute atomic E-state index is 11.6. The minimum absolute atomic E-state index is 0. The van der Waals surface area contributed by atoms with E-state index >= 15 is 0 Å². The van der Waals surface area contributed by atoms with E-state index < -0.39 is 0 Å². The molecule has 3 nitrogen and oxygen atoms in total. The Morgan fingerprint density at radius 1 is 1.21 bits per heavy atom. The van der Waals surface area contributed by atoms with Gasteiger partial charge >= 0.3 is 0 Å². The molecular weight excluding hydrogens is 260 g/mol. The molecule has 0 heterocycles. The molecule has 1 fully saturated rings. The molecular formula is C15H31ClN2O. The summed E-state index contributed by atoms with van der Waals surface area (Å²) in [5.74, 6) is 1.06. The van der Waals surface area contributed by atoms with E-state index in [-0.39, 0.29) is 24.4 Å². The largest absolute Gasteiger partial charge is 0.354 e. The van der Waals surface area contributed by atoms with Crippen LogP contribution in [0.1, 0.15) is 71.6 Å². The van der Waals surface area contributed by atoms with Crippen molar-refractivity contribution >= 4 is 18.3 Å². The Bertz CT molecular complexity index is 240. The second kappa shape index (κ2) is 10.5. The van der Waals surface area contributed by atoms with Crippen LogP contribution in [0.3, 0.4) is 0 Å². The van der Waals surface area contributed by atoms with Crippen molar-refractivity contribution < 1.29 is 4.79 Å². The van der Waals surface area contributed by atoms with Gasteiger partial charge in [-0.05, 0) is 39.0 Å². The van der Waals surface area contributed by atoms with Crippen molar-refractivity contribution in [1.29, 1.82) is 0 Å². The number of hydrogen-bond acceptors (Lipinski definition) is 2. The molecule has 3 N–H and O–H groups in total. The van der Waals surface area contributed by atoms with E-state index in [1.165, 1.54) is 38.5 Å². The van der Waals surface area contributed by atoms with E-state index in [0.29, 0.717) is 12.5 Å². The number of halogens is 1. The molecule has 2 unspecified atom stereocenters. The Morgan fingerprint density at radius 2 is 1.84 bits per heavy atom.